The molecule has 21 heavy (non-hydrogen) atoms. The Morgan fingerprint density at radius 2 is 2.10 bits per heavy atom. The van der Waals surface area contributed by atoms with Crippen LogP contribution in [0.5, 0.6) is 0 Å². The van der Waals surface area contributed by atoms with E-state index in [9.17, 15) is 4.79 Å². The van der Waals surface area contributed by atoms with Crippen LogP contribution >= 0.6 is 46.0 Å². The largest absolute Gasteiger partial charge is 0.321 e. The maximum atomic E-state index is 12.4. The van der Waals surface area contributed by atoms with Gasteiger partial charge in [-0.15, -0.1) is 18.3 Å². The van der Waals surface area contributed by atoms with Gasteiger partial charge in [-0.3, -0.25) is 4.79 Å². The van der Waals surface area contributed by atoms with E-state index in [4.69, 9.17) is 11.6 Å². The van der Waals surface area contributed by atoms with Gasteiger partial charge >= 0.3 is 0 Å². The predicted molar refractivity (Wildman–Crippen MR) is 99.5 cm³/mol. The molecule has 2 nitrogen and oxygen atoms in total. The highest BCUT2D eigenvalue weighted by Crippen LogP contribution is 2.28. The molecule has 0 bridgehead atoms. The number of carbonyl (C=O) groups excluding carboxylic acids is 1. The summed E-state index contributed by atoms with van der Waals surface area (Å²) < 4.78 is 0.828. The smallest absolute Gasteiger partial charge is 0.256 e. The van der Waals surface area contributed by atoms with Crippen molar-refractivity contribution >= 4 is 57.5 Å². The van der Waals surface area contributed by atoms with Gasteiger partial charge in [-0.25, -0.2) is 0 Å². The Labute approximate surface area is 147 Å². The van der Waals surface area contributed by atoms with Crippen LogP contribution in [0, 0.1) is 3.57 Å². The summed E-state index contributed by atoms with van der Waals surface area (Å²) in [6.45, 7) is 3.71. The monoisotopic (exact) mass is 429 g/mol. The van der Waals surface area contributed by atoms with Crippen LogP contribution < -0.4 is 5.32 Å². The Hall–Kier alpha value is -0.980. The summed E-state index contributed by atoms with van der Waals surface area (Å²) >= 11 is 9.66. The molecular weight excluding hydrogens is 417 g/mol. The zero-order valence-electron chi connectivity index (χ0n) is 11.1. The van der Waals surface area contributed by atoms with Gasteiger partial charge in [0.05, 0.1) is 11.3 Å². The molecule has 2 aromatic rings. The van der Waals surface area contributed by atoms with Gasteiger partial charge in [0, 0.05) is 19.2 Å². The van der Waals surface area contributed by atoms with Crippen molar-refractivity contribution < 1.29 is 4.79 Å². The minimum Gasteiger partial charge on any atom is -0.321 e. The molecule has 0 spiro atoms. The van der Waals surface area contributed by atoms with Gasteiger partial charge in [0.2, 0.25) is 0 Å². The number of rotatable bonds is 5. The SMILES string of the molecule is C=CCSc1ccccc1NC(=O)c1ccc(Cl)cc1I. The highest BCUT2D eigenvalue weighted by molar-refractivity contribution is 14.1. The van der Waals surface area contributed by atoms with Crippen molar-refractivity contribution in [1.29, 1.82) is 0 Å². The molecule has 1 N–H and O–H groups in total. The van der Waals surface area contributed by atoms with Crippen molar-refractivity contribution in [2.45, 2.75) is 4.90 Å². The van der Waals surface area contributed by atoms with Gasteiger partial charge in [-0.2, -0.15) is 0 Å². The third-order valence-electron chi connectivity index (χ3n) is 2.67. The van der Waals surface area contributed by atoms with E-state index in [0.29, 0.717) is 10.6 Å². The molecule has 0 aromatic heterocycles. The van der Waals surface area contributed by atoms with Crippen LogP contribution in [0.25, 0.3) is 0 Å². The molecule has 0 aliphatic rings. The van der Waals surface area contributed by atoms with Gasteiger partial charge in [0.1, 0.15) is 0 Å². The topological polar surface area (TPSA) is 29.1 Å². The predicted octanol–water partition coefficient (Wildman–Crippen LogP) is 5.48. The van der Waals surface area contributed by atoms with Crippen LogP contribution in [0.3, 0.4) is 0 Å². The summed E-state index contributed by atoms with van der Waals surface area (Å²) in [5.74, 6) is 0.661. The number of hydrogen-bond donors (Lipinski definition) is 1. The average Bonchev–Trinajstić information content (AvgIpc) is 2.46. The van der Waals surface area contributed by atoms with E-state index < -0.39 is 0 Å². The van der Waals surface area contributed by atoms with Gasteiger partial charge in [-0.05, 0) is 52.9 Å². The molecule has 2 rings (SSSR count). The quantitative estimate of drug-likeness (QED) is 0.388. The number of thioether (sulfide) groups is 1. The number of benzene rings is 2. The first kappa shape index (κ1) is 16.4. The molecule has 2 aromatic carbocycles. The molecule has 0 fully saturated rings. The van der Waals surface area contributed by atoms with Crippen LogP contribution in [-0.4, -0.2) is 11.7 Å². The lowest BCUT2D eigenvalue weighted by molar-refractivity contribution is 0.102. The van der Waals surface area contributed by atoms with Crippen molar-refractivity contribution in [1.82, 2.24) is 0 Å². The second kappa shape index (κ2) is 7.87. The van der Waals surface area contributed by atoms with Crippen molar-refractivity contribution in [2.24, 2.45) is 0 Å². The highest BCUT2D eigenvalue weighted by Gasteiger charge is 2.12. The lowest BCUT2D eigenvalue weighted by Crippen LogP contribution is -2.14. The lowest BCUT2D eigenvalue weighted by Gasteiger charge is -2.11. The van der Waals surface area contributed by atoms with Crippen molar-refractivity contribution in [3.05, 3.63) is 69.3 Å². The van der Waals surface area contributed by atoms with Crippen LogP contribution in [0.2, 0.25) is 5.02 Å². The fourth-order valence-corrected chi connectivity index (χ4v) is 3.57. The number of carbonyl (C=O) groups is 1. The van der Waals surface area contributed by atoms with Crippen molar-refractivity contribution in [3.63, 3.8) is 0 Å². The highest BCUT2D eigenvalue weighted by atomic mass is 127. The van der Waals surface area contributed by atoms with Crippen molar-refractivity contribution in [2.75, 3.05) is 11.1 Å². The average molecular weight is 430 g/mol. The summed E-state index contributed by atoms with van der Waals surface area (Å²) in [4.78, 5) is 13.4. The second-order valence-corrected chi connectivity index (χ2v) is 6.83. The van der Waals surface area contributed by atoms with Crippen LogP contribution in [0.1, 0.15) is 10.4 Å². The minimum atomic E-state index is -0.136. The molecule has 0 aliphatic heterocycles. The fourth-order valence-electron chi connectivity index (χ4n) is 1.71. The molecular formula is C16H13ClINOS. The first-order valence-electron chi connectivity index (χ1n) is 6.21. The Morgan fingerprint density at radius 3 is 2.81 bits per heavy atom. The van der Waals surface area contributed by atoms with Gasteiger partial charge in [-0.1, -0.05) is 29.8 Å². The Kier molecular flexibility index (Phi) is 6.14. The number of halogens is 2. The van der Waals surface area contributed by atoms with Crippen LogP contribution in [0.15, 0.2) is 60.0 Å². The Morgan fingerprint density at radius 1 is 1.33 bits per heavy atom. The first-order chi connectivity index (χ1) is 10.1. The van der Waals surface area contributed by atoms with E-state index in [-0.39, 0.29) is 5.91 Å². The summed E-state index contributed by atoms with van der Waals surface area (Å²) in [5, 5.41) is 3.58. The summed E-state index contributed by atoms with van der Waals surface area (Å²) in [5.41, 5.74) is 1.42. The summed E-state index contributed by atoms with van der Waals surface area (Å²) in [6, 6.07) is 13.0. The molecule has 0 saturated heterocycles. The molecule has 0 saturated carbocycles. The summed E-state index contributed by atoms with van der Waals surface area (Å²) in [7, 11) is 0. The van der Waals surface area contributed by atoms with E-state index >= 15 is 0 Å². The minimum absolute atomic E-state index is 0.136. The van der Waals surface area contributed by atoms with Gasteiger partial charge in [0.25, 0.3) is 5.91 Å². The molecule has 0 radical (unpaired) electrons. The van der Waals surface area contributed by atoms with Gasteiger partial charge < -0.3 is 5.32 Å². The maximum absolute atomic E-state index is 12.4. The van der Waals surface area contributed by atoms with E-state index in [1.807, 2.05) is 30.3 Å². The fraction of sp³-hybridized carbons (Fsp3) is 0.0625. The third kappa shape index (κ3) is 4.49. The number of hydrogen-bond acceptors (Lipinski definition) is 2. The molecule has 0 heterocycles. The first-order valence-corrected chi connectivity index (χ1v) is 8.65. The molecule has 0 unspecified atom stereocenters. The normalized spacial score (nSPS) is 10.2. The van der Waals surface area contributed by atoms with E-state index in [1.165, 1.54) is 0 Å². The standard InChI is InChI=1S/C16H13ClINOS/c1-2-9-21-15-6-4-3-5-14(15)19-16(20)12-8-7-11(17)10-13(12)18/h2-8,10H,1,9H2,(H,19,20). The Bertz CT molecular complexity index is 675. The molecule has 108 valence electrons. The van der Waals surface area contributed by atoms with E-state index in [0.717, 1.165) is 19.9 Å². The molecule has 5 heteroatoms. The Balaban J connectivity index is 2.21. The zero-order chi connectivity index (χ0) is 15.2. The van der Waals surface area contributed by atoms with E-state index in [1.54, 1.807) is 30.0 Å². The van der Waals surface area contributed by atoms with Crippen LogP contribution in [-0.2, 0) is 0 Å². The second-order valence-electron chi connectivity index (χ2n) is 4.17. The van der Waals surface area contributed by atoms with Crippen molar-refractivity contribution in [3.8, 4) is 0 Å². The molecule has 0 aliphatic carbocycles. The van der Waals surface area contributed by atoms with E-state index in [2.05, 4.69) is 34.5 Å². The lowest BCUT2D eigenvalue weighted by atomic mass is 10.2. The number of para-hydroxylation sites is 1. The summed E-state index contributed by atoms with van der Waals surface area (Å²) in [6.07, 6.45) is 1.84. The third-order valence-corrected chi connectivity index (χ3v) is 4.86. The molecule has 1 amide bonds. The zero-order valence-corrected chi connectivity index (χ0v) is 14.8. The van der Waals surface area contributed by atoms with Crippen LogP contribution in [0.4, 0.5) is 5.69 Å². The number of nitrogens with one attached hydrogen (secondary N) is 1. The maximum Gasteiger partial charge on any atom is 0.256 e. The van der Waals surface area contributed by atoms with Gasteiger partial charge in [0.15, 0.2) is 0 Å². The molecule has 0 atom stereocenters. The number of anilines is 1. The number of amides is 1.